The van der Waals surface area contributed by atoms with E-state index in [0.717, 1.165) is 23.0 Å². The van der Waals surface area contributed by atoms with E-state index in [4.69, 9.17) is 5.26 Å². The molecule has 0 fully saturated rings. The van der Waals surface area contributed by atoms with Crippen molar-refractivity contribution in [2.24, 2.45) is 0 Å². The topological polar surface area (TPSA) is 41.6 Å². The third-order valence-corrected chi connectivity index (χ3v) is 2.13. The first-order chi connectivity index (χ1) is 5.92. The fourth-order valence-corrected chi connectivity index (χ4v) is 1.49. The largest absolute Gasteiger partial charge is 0.260 e. The summed E-state index contributed by atoms with van der Waals surface area (Å²) in [5.74, 6) is 0. The molecular formula is C8H5N3S. The number of fused-ring (bicyclic) bond motifs is 1. The van der Waals surface area contributed by atoms with Gasteiger partial charge in [0.15, 0.2) is 5.40 Å². The first-order valence-electron chi connectivity index (χ1n) is 3.40. The maximum Gasteiger partial charge on any atom is 0.156 e. The quantitative estimate of drug-likeness (QED) is 0.622. The molecule has 0 unspecified atom stereocenters. The number of nitriles is 1. The van der Waals surface area contributed by atoms with Gasteiger partial charge in [0.1, 0.15) is 6.33 Å². The molecule has 12 heavy (non-hydrogen) atoms. The van der Waals surface area contributed by atoms with Crippen LogP contribution in [0.2, 0.25) is 0 Å². The second kappa shape index (κ2) is 2.88. The van der Waals surface area contributed by atoms with Crippen LogP contribution >= 0.6 is 11.9 Å². The Morgan fingerprint density at radius 1 is 1.42 bits per heavy atom. The molecule has 0 N–H and O–H groups in total. The van der Waals surface area contributed by atoms with Crippen molar-refractivity contribution in [3.05, 3.63) is 30.6 Å². The number of benzene rings is 1. The number of rotatable bonds is 1. The summed E-state index contributed by atoms with van der Waals surface area (Å²) in [7, 11) is 0. The number of aromatic nitrogens is 2. The molecule has 3 nitrogen and oxygen atoms in total. The Hall–Kier alpha value is -1.47. The molecule has 0 radical (unpaired) electrons. The van der Waals surface area contributed by atoms with Crippen molar-refractivity contribution in [3.63, 3.8) is 0 Å². The molecule has 58 valence electrons. The summed E-state index contributed by atoms with van der Waals surface area (Å²) < 4.78 is 1.75. The molecule has 0 saturated carbocycles. The van der Waals surface area contributed by atoms with Gasteiger partial charge >= 0.3 is 0 Å². The Bertz CT molecular complexity index is 441. The summed E-state index contributed by atoms with van der Waals surface area (Å²) in [5.41, 5.74) is 1.89. The molecule has 1 aromatic heterocycles. The van der Waals surface area contributed by atoms with Gasteiger partial charge in [0.05, 0.1) is 23.0 Å². The van der Waals surface area contributed by atoms with Gasteiger partial charge < -0.3 is 0 Å². The van der Waals surface area contributed by atoms with Crippen LogP contribution in [0, 0.1) is 10.7 Å². The van der Waals surface area contributed by atoms with Crippen molar-refractivity contribution in [2.45, 2.75) is 0 Å². The lowest BCUT2D eigenvalue weighted by Gasteiger charge is -1.92. The van der Waals surface area contributed by atoms with E-state index < -0.39 is 0 Å². The van der Waals surface area contributed by atoms with Crippen LogP contribution in [0.25, 0.3) is 11.0 Å². The van der Waals surface area contributed by atoms with E-state index in [9.17, 15) is 0 Å². The molecule has 0 spiro atoms. The lowest BCUT2D eigenvalue weighted by Crippen LogP contribution is -1.79. The maximum absolute atomic E-state index is 8.46. The van der Waals surface area contributed by atoms with Crippen molar-refractivity contribution in [3.8, 4) is 5.40 Å². The Balaban J connectivity index is 2.64. The number of nitrogens with zero attached hydrogens (tertiary/aromatic N) is 3. The zero-order chi connectivity index (χ0) is 8.39. The van der Waals surface area contributed by atoms with Crippen LogP contribution < -0.4 is 0 Å². The summed E-state index contributed by atoms with van der Waals surface area (Å²) in [5, 5.41) is 10.5. The lowest BCUT2D eigenvalue weighted by atomic mass is 10.3. The highest BCUT2D eigenvalue weighted by Gasteiger charge is 1.99. The van der Waals surface area contributed by atoms with E-state index >= 15 is 0 Å². The minimum absolute atomic E-state index is 0.917. The van der Waals surface area contributed by atoms with Crippen molar-refractivity contribution in [1.82, 2.24) is 8.96 Å². The summed E-state index contributed by atoms with van der Waals surface area (Å²) in [6.45, 7) is 0. The molecule has 0 atom stereocenters. The fourth-order valence-electron chi connectivity index (χ4n) is 1.05. The van der Waals surface area contributed by atoms with Crippen molar-refractivity contribution in [1.29, 1.82) is 5.26 Å². The van der Waals surface area contributed by atoms with Crippen molar-refractivity contribution < 1.29 is 0 Å². The molecule has 0 aliphatic heterocycles. The van der Waals surface area contributed by atoms with Gasteiger partial charge in [0, 0.05) is 0 Å². The van der Waals surface area contributed by atoms with E-state index in [0.29, 0.717) is 0 Å². The third-order valence-electron chi connectivity index (χ3n) is 1.56. The SMILES string of the molecule is N#CSn1cnc2ccccc21. The minimum atomic E-state index is 0.917. The highest BCUT2D eigenvalue weighted by Crippen LogP contribution is 2.16. The Kier molecular flexibility index (Phi) is 1.72. The van der Waals surface area contributed by atoms with E-state index in [1.54, 1.807) is 10.3 Å². The zero-order valence-corrected chi connectivity index (χ0v) is 6.95. The number of hydrogen-bond acceptors (Lipinski definition) is 3. The number of para-hydroxylation sites is 2. The van der Waals surface area contributed by atoms with Crippen LogP contribution in [-0.4, -0.2) is 8.96 Å². The first-order valence-corrected chi connectivity index (χ1v) is 4.17. The summed E-state index contributed by atoms with van der Waals surface area (Å²) >= 11 is 1.07. The normalized spacial score (nSPS) is 9.92. The molecular weight excluding hydrogens is 170 g/mol. The number of hydrogen-bond donors (Lipinski definition) is 0. The van der Waals surface area contributed by atoms with Gasteiger partial charge in [-0.1, -0.05) is 12.1 Å². The highest BCUT2D eigenvalue weighted by atomic mass is 32.2. The first kappa shape index (κ1) is 7.19. The monoisotopic (exact) mass is 175 g/mol. The van der Waals surface area contributed by atoms with Gasteiger partial charge in [-0.2, -0.15) is 5.26 Å². The van der Waals surface area contributed by atoms with Crippen LogP contribution in [0.1, 0.15) is 0 Å². The molecule has 1 heterocycles. The highest BCUT2D eigenvalue weighted by molar-refractivity contribution is 8.02. The smallest absolute Gasteiger partial charge is 0.156 e. The molecule has 4 heteroatoms. The van der Waals surface area contributed by atoms with E-state index in [1.165, 1.54) is 0 Å². The molecule has 2 aromatic rings. The van der Waals surface area contributed by atoms with Gasteiger partial charge in [-0.15, -0.1) is 0 Å². The Labute approximate surface area is 73.8 Å². The molecule has 0 aliphatic carbocycles. The molecule has 0 amide bonds. The summed E-state index contributed by atoms with van der Waals surface area (Å²) in [6.07, 6.45) is 1.65. The van der Waals surface area contributed by atoms with Crippen LogP contribution in [0.15, 0.2) is 30.6 Å². The lowest BCUT2D eigenvalue weighted by molar-refractivity contribution is 1.27. The van der Waals surface area contributed by atoms with Crippen LogP contribution in [0.4, 0.5) is 0 Å². The van der Waals surface area contributed by atoms with Gasteiger partial charge in [-0.05, 0) is 12.1 Å². The van der Waals surface area contributed by atoms with Crippen molar-refractivity contribution >= 4 is 23.0 Å². The predicted octanol–water partition coefficient (Wildman–Crippen LogP) is 2.01. The predicted molar refractivity (Wildman–Crippen MR) is 48.3 cm³/mol. The second-order valence-corrected chi connectivity index (χ2v) is 3.00. The Morgan fingerprint density at radius 3 is 3.08 bits per heavy atom. The molecule has 0 bridgehead atoms. The molecule has 0 saturated heterocycles. The van der Waals surface area contributed by atoms with Gasteiger partial charge in [0.2, 0.25) is 0 Å². The molecule has 1 aromatic carbocycles. The number of thiocyanates is 1. The minimum Gasteiger partial charge on any atom is -0.260 e. The average molecular weight is 175 g/mol. The van der Waals surface area contributed by atoms with Crippen LogP contribution in [-0.2, 0) is 0 Å². The van der Waals surface area contributed by atoms with Crippen LogP contribution in [0.3, 0.4) is 0 Å². The Morgan fingerprint density at radius 2 is 2.25 bits per heavy atom. The van der Waals surface area contributed by atoms with E-state index in [2.05, 4.69) is 4.98 Å². The van der Waals surface area contributed by atoms with Gasteiger partial charge in [0.25, 0.3) is 0 Å². The average Bonchev–Trinajstić information content (AvgIpc) is 2.50. The second-order valence-electron chi connectivity index (χ2n) is 2.24. The molecule has 0 aliphatic rings. The summed E-state index contributed by atoms with van der Waals surface area (Å²) in [6, 6.07) is 7.71. The van der Waals surface area contributed by atoms with Crippen molar-refractivity contribution in [2.75, 3.05) is 0 Å². The number of imidazole rings is 1. The van der Waals surface area contributed by atoms with E-state index in [1.807, 2.05) is 29.7 Å². The van der Waals surface area contributed by atoms with Gasteiger partial charge in [-0.25, -0.2) is 4.98 Å². The van der Waals surface area contributed by atoms with E-state index in [-0.39, 0.29) is 0 Å². The maximum atomic E-state index is 8.46. The summed E-state index contributed by atoms with van der Waals surface area (Å²) in [4.78, 5) is 4.13. The third kappa shape index (κ3) is 1.04. The molecule has 2 rings (SSSR count). The standard InChI is InChI=1S/C8H5N3S/c9-5-12-11-6-10-7-3-1-2-4-8(7)11/h1-4,6H. The van der Waals surface area contributed by atoms with Crippen LogP contribution in [0.5, 0.6) is 0 Å². The zero-order valence-electron chi connectivity index (χ0n) is 6.14. The van der Waals surface area contributed by atoms with Gasteiger partial charge in [-0.3, -0.25) is 3.97 Å². The fraction of sp³-hybridized carbons (Fsp3) is 0.